The fourth-order valence-electron chi connectivity index (χ4n) is 1.49. The number of carbonyl (C=O) groups excluding carboxylic acids is 2. The van der Waals surface area contributed by atoms with Crippen LogP contribution in [0.3, 0.4) is 0 Å². The Balaban J connectivity index is 3.01. The Morgan fingerprint density at radius 1 is 1.50 bits per heavy atom. The van der Waals surface area contributed by atoms with Gasteiger partial charge >= 0.3 is 5.97 Å². The van der Waals surface area contributed by atoms with Gasteiger partial charge in [0.25, 0.3) is 5.91 Å². The molecule has 0 spiro atoms. The first-order chi connectivity index (χ1) is 9.53. The standard InChI is InChI=1S/C12H16ClN3O3S/c1-4-5-16(7-9(17)19-2)11(18)10-8(13)6-14-12(15-10)20-3/h6H,4-5,7H2,1-3H3. The van der Waals surface area contributed by atoms with Crippen molar-refractivity contribution in [1.82, 2.24) is 14.9 Å². The maximum Gasteiger partial charge on any atom is 0.325 e. The Bertz CT molecular complexity index is 499. The molecule has 1 rings (SSSR count). The average molecular weight is 318 g/mol. The summed E-state index contributed by atoms with van der Waals surface area (Å²) in [6.07, 6.45) is 3.90. The first-order valence-corrected chi connectivity index (χ1v) is 7.56. The van der Waals surface area contributed by atoms with Crippen LogP contribution in [-0.4, -0.2) is 53.2 Å². The fourth-order valence-corrected chi connectivity index (χ4v) is 2.00. The van der Waals surface area contributed by atoms with E-state index in [1.807, 2.05) is 6.92 Å². The zero-order chi connectivity index (χ0) is 15.1. The van der Waals surface area contributed by atoms with Crippen LogP contribution in [0.5, 0.6) is 0 Å². The number of methoxy groups -OCH3 is 1. The summed E-state index contributed by atoms with van der Waals surface area (Å²) < 4.78 is 4.59. The molecule has 110 valence electrons. The van der Waals surface area contributed by atoms with Gasteiger partial charge in [0.2, 0.25) is 0 Å². The number of carbonyl (C=O) groups is 2. The Morgan fingerprint density at radius 2 is 2.20 bits per heavy atom. The van der Waals surface area contributed by atoms with Crippen molar-refractivity contribution in [2.24, 2.45) is 0 Å². The molecule has 0 radical (unpaired) electrons. The number of ether oxygens (including phenoxy) is 1. The third kappa shape index (κ3) is 4.35. The molecule has 0 aliphatic rings. The SMILES string of the molecule is CCCN(CC(=O)OC)C(=O)c1nc(SC)ncc1Cl. The Labute approximate surface area is 126 Å². The number of rotatable bonds is 6. The molecule has 8 heteroatoms. The summed E-state index contributed by atoms with van der Waals surface area (Å²) in [7, 11) is 1.28. The largest absolute Gasteiger partial charge is 0.468 e. The number of aromatic nitrogens is 2. The molecule has 0 saturated carbocycles. The van der Waals surface area contributed by atoms with Crippen molar-refractivity contribution in [2.75, 3.05) is 26.5 Å². The highest BCUT2D eigenvalue weighted by molar-refractivity contribution is 7.98. The van der Waals surface area contributed by atoms with E-state index in [4.69, 9.17) is 11.6 Å². The molecule has 0 aliphatic carbocycles. The van der Waals surface area contributed by atoms with E-state index in [-0.39, 0.29) is 17.3 Å². The third-order valence-electron chi connectivity index (χ3n) is 2.44. The summed E-state index contributed by atoms with van der Waals surface area (Å²) in [6.45, 7) is 2.20. The van der Waals surface area contributed by atoms with E-state index in [1.165, 1.54) is 30.0 Å². The van der Waals surface area contributed by atoms with Crippen molar-refractivity contribution in [1.29, 1.82) is 0 Å². The van der Waals surface area contributed by atoms with E-state index in [0.717, 1.165) is 0 Å². The summed E-state index contributed by atoms with van der Waals surface area (Å²) in [4.78, 5) is 33.2. The summed E-state index contributed by atoms with van der Waals surface area (Å²) >= 11 is 7.27. The van der Waals surface area contributed by atoms with Gasteiger partial charge in [0.1, 0.15) is 6.54 Å². The van der Waals surface area contributed by atoms with Gasteiger partial charge in [-0.25, -0.2) is 9.97 Å². The quantitative estimate of drug-likeness (QED) is 0.453. The van der Waals surface area contributed by atoms with E-state index in [9.17, 15) is 9.59 Å². The second-order valence-corrected chi connectivity index (χ2v) is 5.04. The Kier molecular flexibility index (Phi) is 6.74. The van der Waals surface area contributed by atoms with Crippen molar-refractivity contribution in [3.8, 4) is 0 Å². The number of nitrogens with zero attached hydrogens (tertiary/aromatic N) is 3. The van der Waals surface area contributed by atoms with Gasteiger partial charge in [-0.1, -0.05) is 30.3 Å². The number of halogens is 1. The van der Waals surface area contributed by atoms with Crippen molar-refractivity contribution in [2.45, 2.75) is 18.5 Å². The lowest BCUT2D eigenvalue weighted by molar-refractivity contribution is -0.141. The number of hydrogen-bond acceptors (Lipinski definition) is 6. The van der Waals surface area contributed by atoms with Crippen LogP contribution in [0, 0.1) is 0 Å². The normalized spacial score (nSPS) is 10.2. The first kappa shape index (κ1) is 16.7. The van der Waals surface area contributed by atoms with Gasteiger partial charge in [-0.3, -0.25) is 9.59 Å². The lowest BCUT2D eigenvalue weighted by Crippen LogP contribution is -2.37. The molecule has 0 N–H and O–H groups in total. The summed E-state index contributed by atoms with van der Waals surface area (Å²) in [6, 6.07) is 0. The van der Waals surface area contributed by atoms with Crippen LogP contribution in [0.1, 0.15) is 23.8 Å². The second kappa shape index (κ2) is 8.06. The van der Waals surface area contributed by atoms with Gasteiger partial charge in [0, 0.05) is 6.54 Å². The van der Waals surface area contributed by atoms with Crippen LogP contribution in [-0.2, 0) is 9.53 Å². The average Bonchev–Trinajstić information content (AvgIpc) is 2.46. The van der Waals surface area contributed by atoms with Crippen molar-refractivity contribution < 1.29 is 14.3 Å². The fraction of sp³-hybridized carbons (Fsp3) is 0.500. The maximum atomic E-state index is 12.4. The van der Waals surface area contributed by atoms with Crippen molar-refractivity contribution in [3.63, 3.8) is 0 Å². The zero-order valence-corrected chi connectivity index (χ0v) is 13.1. The molecule has 1 heterocycles. The van der Waals surface area contributed by atoms with Crippen LogP contribution < -0.4 is 0 Å². The van der Waals surface area contributed by atoms with Crippen LogP contribution >= 0.6 is 23.4 Å². The van der Waals surface area contributed by atoms with Crippen LogP contribution in [0.15, 0.2) is 11.4 Å². The molecule has 1 aromatic heterocycles. The molecule has 1 aromatic rings. The molecule has 0 fully saturated rings. The molecular formula is C12H16ClN3O3S. The molecule has 1 amide bonds. The minimum Gasteiger partial charge on any atom is -0.468 e. The minimum atomic E-state index is -0.484. The highest BCUT2D eigenvalue weighted by Crippen LogP contribution is 2.18. The third-order valence-corrected chi connectivity index (χ3v) is 3.27. The predicted octanol–water partition coefficient (Wildman–Crippen LogP) is 1.88. The molecule has 0 aromatic carbocycles. The predicted molar refractivity (Wildman–Crippen MR) is 77.0 cm³/mol. The smallest absolute Gasteiger partial charge is 0.325 e. The highest BCUT2D eigenvalue weighted by Gasteiger charge is 2.22. The number of amides is 1. The molecule has 0 aliphatic heterocycles. The summed E-state index contributed by atoms with van der Waals surface area (Å²) in [5.74, 6) is -0.887. The molecule has 6 nitrogen and oxygen atoms in total. The van der Waals surface area contributed by atoms with Gasteiger partial charge in [0.05, 0.1) is 18.3 Å². The minimum absolute atomic E-state index is 0.100. The van der Waals surface area contributed by atoms with Gasteiger partial charge < -0.3 is 9.64 Å². The van der Waals surface area contributed by atoms with E-state index in [2.05, 4.69) is 14.7 Å². The molecule has 0 atom stereocenters. The monoisotopic (exact) mass is 317 g/mol. The number of hydrogen-bond donors (Lipinski definition) is 0. The number of thioether (sulfide) groups is 1. The molecular weight excluding hydrogens is 302 g/mol. The van der Waals surface area contributed by atoms with E-state index >= 15 is 0 Å². The molecule has 0 unspecified atom stereocenters. The lowest BCUT2D eigenvalue weighted by Gasteiger charge is -2.20. The lowest BCUT2D eigenvalue weighted by atomic mass is 10.3. The van der Waals surface area contributed by atoms with Gasteiger partial charge in [0.15, 0.2) is 10.9 Å². The number of esters is 1. The molecule has 0 bridgehead atoms. The van der Waals surface area contributed by atoms with Gasteiger partial charge in [-0.2, -0.15) is 0 Å². The van der Waals surface area contributed by atoms with E-state index in [1.54, 1.807) is 6.26 Å². The van der Waals surface area contributed by atoms with Crippen LogP contribution in [0.4, 0.5) is 0 Å². The van der Waals surface area contributed by atoms with Crippen LogP contribution in [0.2, 0.25) is 5.02 Å². The zero-order valence-electron chi connectivity index (χ0n) is 11.6. The van der Waals surface area contributed by atoms with Gasteiger partial charge in [-0.05, 0) is 12.7 Å². The maximum absolute atomic E-state index is 12.4. The van der Waals surface area contributed by atoms with Gasteiger partial charge in [-0.15, -0.1) is 0 Å². The molecule has 20 heavy (non-hydrogen) atoms. The second-order valence-electron chi connectivity index (χ2n) is 3.86. The van der Waals surface area contributed by atoms with E-state index in [0.29, 0.717) is 18.1 Å². The van der Waals surface area contributed by atoms with Crippen molar-refractivity contribution in [3.05, 3.63) is 16.9 Å². The molecule has 0 saturated heterocycles. The topological polar surface area (TPSA) is 72.4 Å². The van der Waals surface area contributed by atoms with Crippen molar-refractivity contribution >= 4 is 35.2 Å². The highest BCUT2D eigenvalue weighted by atomic mass is 35.5. The van der Waals surface area contributed by atoms with Crippen LogP contribution in [0.25, 0.3) is 0 Å². The first-order valence-electron chi connectivity index (χ1n) is 5.96. The summed E-state index contributed by atoms with van der Waals surface area (Å²) in [5.41, 5.74) is 0.100. The Morgan fingerprint density at radius 3 is 2.75 bits per heavy atom. The van der Waals surface area contributed by atoms with E-state index < -0.39 is 11.9 Å². The summed E-state index contributed by atoms with van der Waals surface area (Å²) in [5, 5.41) is 0.617. The Hall–Kier alpha value is -1.34.